The van der Waals surface area contributed by atoms with Crippen LogP contribution in [0.15, 0.2) is 30.9 Å². The summed E-state index contributed by atoms with van der Waals surface area (Å²) in [6.07, 6.45) is 6.04. The molecule has 1 aromatic carbocycles. The molecular formula is C28H35F5N4O. The first-order valence-corrected chi connectivity index (χ1v) is 12.9. The van der Waals surface area contributed by atoms with Crippen molar-refractivity contribution < 1.29 is 27.1 Å². The number of hydrogen-bond donors (Lipinski definition) is 3. The van der Waals surface area contributed by atoms with Gasteiger partial charge in [-0.2, -0.15) is 0 Å². The van der Waals surface area contributed by atoms with E-state index in [-0.39, 0.29) is 24.0 Å². The van der Waals surface area contributed by atoms with Gasteiger partial charge in [-0.15, -0.1) is 0 Å². The normalized spacial score (nSPS) is 21.1. The number of nitrogens with one attached hydrogen (secondary N) is 2. The van der Waals surface area contributed by atoms with E-state index in [1.165, 1.54) is 17.0 Å². The average Bonchev–Trinajstić information content (AvgIpc) is 3.14. The summed E-state index contributed by atoms with van der Waals surface area (Å²) < 4.78 is 72.7. The van der Waals surface area contributed by atoms with Gasteiger partial charge in [0.25, 0.3) is 5.92 Å². The van der Waals surface area contributed by atoms with Crippen LogP contribution >= 0.6 is 0 Å². The predicted octanol–water partition coefficient (Wildman–Crippen LogP) is 5.22. The van der Waals surface area contributed by atoms with Crippen LogP contribution in [0.2, 0.25) is 0 Å². The van der Waals surface area contributed by atoms with Crippen molar-refractivity contribution in [3.8, 4) is 0 Å². The van der Waals surface area contributed by atoms with Crippen LogP contribution in [0.5, 0.6) is 0 Å². The highest BCUT2D eigenvalue weighted by atomic mass is 19.3. The number of alkyl halides is 3. The lowest BCUT2D eigenvalue weighted by Gasteiger charge is -2.42. The van der Waals surface area contributed by atoms with Gasteiger partial charge in [0, 0.05) is 48.3 Å². The Bertz CT molecular complexity index is 1150. The van der Waals surface area contributed by atoms with Gasteiger partial charge in [0.15, 0.2) is 0 Å². The number of aromatic nitrogens is 1. The number of allylic oxidation sites excluding steroid dienone is 2. The van der Waals surface area contributed by atoms with E-state index >= 15 is 8.78 Å². The van der Waals surface area contributed by atoms with Crippen LogP contribution in [-0.2, 0) is 6.42 Å². The molecule has 2 aromatic rings. The molecule has 208 valence electrons. The fraction of sp³-hybridized carbons (Fsp3) is 0.500. The summed E-state index contributed by atoms with van der Waals surface area (Å²) in [6.45, 7) is 6.54. The van der Waals surface area contributed by atoms with Crippen molar-refractivity contribution in [1.29, 1.82) is 0 Å². The fourth-order valence-corrected chi connectivity index (χ4v) is 5.56. The molecule has 0 spiro atoms. The zero-order valence-corrected chi connectivity index (χ0v) is 21.7. The Hall–Kier alpha value is -2.69. The molecule has 2 atom stereocenters. The van der Waals surface area contributed by atoms with Crippen molar-refractivity contribution >= 4 is 11.8 Å². The fourth-order valence-electron chi connectivity index (χ4n) is 5.56. The zero-order valence-electron chi connectivity index (χ0n) is 21.7. The lowest BCUT2D eigenvalue weighted by Crippen LogP contribution is -2.54. The summed E-state index contributed by atoms with van der Waals surface area (Å²) in [7, 11) is 0. The lowest BCUT2D eigenvalue weighted by molar-refractivity contribution is -0.0869. The van der Waals surface area contributed by atoms with E-state index in [2.05, 4.69) is 21.8 Å². The van der Waals surface area contributed by atoms with Crippen LogP contribution in [-0.4, -0.2) is 77.4 Å². The summed E-state index contributed by atoms with van der Waals surface area (Å²) in [4.78, 5) is 6.61. The van der Waals surface area contributed by atoms with E-state index in [1.54, 1.807) is 19.1 Å². The molecule has 0 radical (unpaired) electrons. The smallest absolute Gasteiger partial charge is 0.283 e. The molecule has 0 saturated carbocycles. The van der Waals surface area contributed by atoms with Crippen LogP contribution in [0.1, 0.15) is 47.5 Å². The van der Waals surface area contributed by atoms with Gasteiger partial charge in [-0.25, -0.2) is 17.6 Å². The maximum atomic E-state index is 15.7. The van der Waals surface area contributed by atoms with E-state index in [0.717, 1.165) is 16.8 Å². The number of halogens is 5. The number of benzene rings is 1. The summed E-state index contributed by atoms with van der Waals surface area (Å²) in [5, 5.41) is 12.4. The second-order valence-corrected chi connectivity index (χ2v) is 10.3. The number of anilines is 1. The Kier molecular flexibility index (Phi) is 8.64. The van der Waals surface area contributed by atoms with Crippen LogP contribution in [0.3, 0.4) is 0 Å². The Morgan fingerprint density at radius 3 is 2.53 bits per heavy atom. The second kappa shape index (κ2) is 11.6. The number of aromatic amines is 1. The summed E-state index contributed by atoms with van der Waals surface area (Å²) in [6, 6.07) is 0.726. The highest BCUT2D eigenvalue weighted by molar-refractivity contribution is 5.62. The Morgan fingerprint density at radius 1 is 1.24 bits per heavy atom. The highest BCUT2D eigenvalue weighted by Gasteiger charge is 2.43. The van der Waals surface area contributed by atoms with E-state index in [9.17, 15) is 18.3 Å². The largest absolute Gasteiger partial charge is 0.390 e. The van der Waals surface area contributed by atoms with Crippen molar-refractivity contribution in [3.63, 3.8) is 0 Å². The van der Waals surface area contributed by atoms with Gasteiger partial charge in [-0.3, -0.25) is 14.2 Å². The first-order valence-electron chi connectivity index (χ1n) is 12.9. The predicted molar refractivity (Wildman–Crippen MR) is 139 cm³/mol. The van der Waals surface area contributed by atoms with Crippen molar-refractivity contribution in [3.05, 3.63) is 70.6 Å². The number of nitrogens with zero attached hydrogens (tertiary/aromatic N) is 2. The summed E-state index contributed by atoms with van der Waals surface area (Å²) in [5.74, 6) is -5.15. The molecule has 1 saturated heterocycles. The maximum Gasteiger partial charge on any atom is 0.283 e. The van der Waals surface area contributed by atoms with Gasteiger partial charge in [0.2, 0.25) is 0 Å². The number of aryl methyl sites for hydroxylation is 1. The average molecular weight is 539 g/mol. The minimum absolute atomic E-state index is 0.0226. The first kappa shape index (κ1) is 28.3. The Labute approximate surface area is 220 Å². The van der Waals surface area contributed by atoms with Crippen molar-refractivity contribution in [2.24, 2.45) is 0 Å². The van der Waals surface area contributed by atoms with Crippen molar-refractivity contribution in [1.82, 2.24) is 14.8 Å². The minimum atomic E-state index is -3.45. The van der Waals surface area contributed by atoms with E-state index in [1.807, 2.05) is 13.0 Å². The third-order valence-corrected chi connectivity index (χ3v) is 7.38. The number of H-pyrrole nitrogens is 1. The second-order valence-electron chi connectivity index (χ2n) is 10.3. The van der Waals surface area contributed by atoms with Gasteiger partial charge < -0.3 is 15.4 Å². The van der Waals surface area contributed by atoms with Crippen LogP contribution in [0, 0.1) is 18.6 Å². The molecule has 4 rings (SSSR count). The zero-order chi connectivity index (χ0) is 27.6. The molecule has 5 nitrogen and oxygen atoms in total. The van der Waals surface area contributed by atoms with Gasteiger partial charge in [0.05, 0.1) is 25.3 Å². The summed E-state index contributed by atoms with van der Waals surface area (Å²) >= 11 is 0. The quantitative estimate of drug-likeness (QED) is 0.271. The summed E-state index contributed by atoms with van der Waals surface area (Å²) in [5.41, 5.74) is 2.79. The SMILES string of the molecule is C=C/C=C\c1c(C)[nH]c2c1C[C@@H](C)N(CC(F)(F)CO)[C@@H]2c1c(F)cc(NC2CN(CCCF)C2)cc1F. The molecule has 1 aromatic heterocycles. The van der Waals surface area contributed by atoms with E-state index < -0.39 is 42.8 Å². The number of fused-ring (bicyclic) bond motifs is 1. The molecule has 2 aliphatic heterocycles. The Balaban J connectivity index is 1.70. The lowest BCUT2D eigenvalue weighted by atomic mass is 9.87. The molecule has 2 aliphatic rings. The molecule has 3 N–H and O–H groups in total. The monoisotopic (exact) mass is 538 g/mol. The first-order chi connectivity index (χ1) is 18.1. The standard InChI is InChI=1S/C28H35F5N4O/c1-4-5-7-21-18(3)34-26-22(21)10-17(2)37(15-28(32,33)16-38)27(26)25-23(30)11-19(12-24(25)31)35-20-13-36(14-20)9-6-8-29/h4-5,7,11-12,17,20,27,34-35,38H,1,6,8-10,13-16H2,2-3H3/b7-5-/t17-,27-/m1/s1. The number of likely N-dealkylation sites (tertiary alicyclic amines) is 1. The van der Waals surface area contributed by atoms with Crippen molar-refractivity contribution in [2.45, 2.75) is 50.7 Å². The number of rotatable bonds is 11. The molecular weight excluding hydrogens is 503 g/mol. The number of hydrogen-bond acceptors (Lipinski definition) is 4. The number of aliphatic hydroxyl groups is 1. The van der Waals surface area contributed by atoms with E-state index in [0.29, 0.717) is 38.2 Å². The van der Waals surface area contributed by atoms with Crippen LogP contribution in [0.25, 0.3) is 6.08 Å². The van der Waals surface area contributed by atoms with Gasteiger partial charge >= 0.3 is 0 Å². The molecule has 0 unspecified atom stereocenters. The maximum absolute atomic E-state index is 15.7. The van der Waals surface area contributed by atoms with Crippen LogP contribution < -0.4 is 5.32 Å². The molecule has 38 heavy (non-hydrogen) atoms. The Morgan fingerprint density at radius 2 is 1.92 bits per heavy atom. The molecule has 1 fully saturated rings. The number of aliphatic hydroxyl groups excluding tert-OH is 1. The molecule has 0 amide bonds. The highest BCUT2D eigenvalue weighted by Crippen LogP contribution is 2.43. The van der Waals surface area contributed by atoms with Crippen LogP contribution in [0.4, 0.5) is 27.6 Å². The molecule has 3 heterocycles. The molecule has 10 heteroatoms. The van der Waals surface area contributed by atoms with Crippen molar-refractivity contribution in [2.75, 3.05) is 44.8 Å². The topological polar surface area (TPSA) is 54.5 Å². The minimum Gasteiger partial charge on any atom is -0.390 e. The molecule has 0 aliphatic carbocycles. The van der Waals surface area contributed by atoms with Gasteiger partial charge in [0.1, 0.15) is 18.2 Å². The molecule has 0 bridgehead atoms. The van der Waals surface area contributed by atoms with E-state index in [4.69, 9.17) is 0 Å². The third kappa shape index (κ3) is 5.82. The van der Waals surface area contributed by atoms with Gasteiger partial charge in [-0.05, 0) is 49.9 Å². The van der Waals surface area contributed by atoms with Gasteiger partial charge in [-0.1, -0.05) is 24.8 Å². The third-order valence-electron chi connectivity index (χ3n) is 7.38.